The lowest BCUT2D eigenvalue weighted by Crippen LogP contribution is -2.23. The molecule has 0 aliphatic heterocycles. The SMILES string of the molecule is CC(C)n1ncc2c(C(=O)NCc3csc(-c4ccccc4)n3)cc(C3CC3)nc21. The van der Waals surface area contributed by atoms with Gasteiger partial charge in [-0.3, -0.25) is 4.79 Å². The van der Waals surface area contributed by atoms with Gasteiger partial charge in [0.05, 0.1) is 29.4 Å². The number of hydrogen-bond donors (Lipinski definition) is 1. The molecule has 0 saturated heterocycles. The van der Waals surface area contributed by atoms with Crippen LogP contribution in [0.3, 0.4) is 0 Å². The van der Waals surface area contributed by atoms with Crippen molar-refractivity contribution in [1.82, 2.24) is 25.1 Å². The molecule has 1 aliphatic rings. The first kappa shape index (κ1) is 18.9. The quantitative estimate of drug-likeness (QED) is 0.482. The van der Waals surface area contributed by atoms with Crippen LogP contribution in [0.1, 0.15) is 60.4 Å². The highest BCUT2D eigenvalue weighted by Crippen LogP contribution is 2.40. The number of hydrogen-bond acceptors (Lipinski definition) is 5. The molecule has 0 spiro atoms. The van der Waals surface area contributed by atoms with Crippen molar-refractivity contribution in [2.45, 2.75) is 45.2 Å². The largest absolute Gasteiger partial charge is 0.346 e. The second-order valence-electron chi connectivity index (χ2n) is 7.98. The average Bonchev–Trinajstić information content (AvgIpc) is 3.34. The molecular weight excluding hydrogens is 394 g/mol. The van der Waals surface area contributed by atoms with Gasteiger partial charge in [0, 0.05) is 28.6 Å². The maximum absolute atomic E-state index is 13.1. The number of rotatable bonds is 6. The van der Waals surface area contributed by atoms with Crippen molar-refractivity contribution in [3.8, 4) is 10.6 Å². The molecule has 30 heavy (non-hydrogen) atoms. The van der Waals surface area contributed by atoms with E-state index in [9.17, 15) is 4.79 Å². The van der Waals surface area contributed by atoms with Gasteiger partial charge in [-0.2, -0.15) is 5.10 Å². The Morgan fingerprint density at radius 2 is 2.03 bits per heavy atom. The van der Waals surface area contributed by atoms with Crippen LogP contribution in [0.25, 0.3) is 21.6 Å². The Kier molecular flexibility index (Phi) is 4.83. The lowest BCUT2D eigenvalue weighted by atomic mass is 10.1. The van der Waals surface area contributed by atoms with Crippen LogP contribution in [0.4, 0.5) is 0 Å². The van der Waals surface area contributed by atoms with Crippen LogP contribution in [0.2, 0.25) is 0 Å². The number of benzene rings is 1. The van der Waals surface area contributed by atoms with E-state index in [0.29, 0.717) is 18.0 Å². The first-order valence-electron chi connectivity index (χ1n) is 10.3. The summed E-state index contributed by atoms with van der Waals surface area (Å²) in [5.74, 6) is 0.352. The van der Waals surface area contributed by atoms with Gasteiger partial charge in [0.25, 0.3) is 5.91 Å². The average molecular weight is 418 g/mol. The zero-order valence-corrected chi connectivity index (χ0v) is 17.8. The molecule has 1 aromatic carbocycles. The topological polar surface area (TPSA) is 72.7 Å². The monoisotopic (exact) mass is 417 g/mol. The first-order valence-corrected chi connectivity index (χ1v) is 11.1. The van der Waals surface area contributed by atoms with Crippen LogP contribution in [-0.4, -0.2) is 25.7 Å². The van der Waals surface area contributed by atoms with E-state index in [2.05, 4.69) is 29.2 Å². The summed E-state index contributed by atoms with van der Waals surface area (Å²) in [6, 6.07) is 12.2. The standard InChI is InChI=1S/C23H23N5OS/c1-14(2)28-21-19(12-25-28)18(10-20(27-21)15-8-9-15)22(29)24-11-17-13-30-23(26-17)16-6-4-3-5-7-16/h3-7,10,12-15H,8-9,11H2,1-2H3,(H,24,29). The summed E-state index contributed by atoms with van der Waals surface area (Å²) in [5, 5.41) is 11.3. The highest BCUT2D eigenvalue weighted by Gasteiger charge is 2.28. The van der Waals surface area contributed by atoms with Crippen molar-refractivity contribution in [3.05, 3.63) is 64.9 Å². The third kappa shape index (κ3) is 3.61. The Morgan fingerprint density at radius 3 is 2.77 bits per heavy atom. The zero-order valence-electron chi connectivity index (χ0n) is 17.0. The van der Waals surface area contributed by atoms with Crippen LogP contribution in [0.15, 0.2) is 48.0 Å². The molecule has 1 amide bonds. The van der Waals surface area contributed by atoms with Crippen LogP contribution in [0.5, 0.6) is 0 Å². The van der Waals surface area contributed by atoms with Crippen molar-refractivity contribution in [1.29, 1.82) is 0 Å². The summed E-state index contributed by atoms with van der Waals surface area (Å²) >= 11 is 1.59. The second kappa shape index (κ2) is 7.65. The third-order valence-electron chi connectivity index (χ3n) is 5.32. The summed E-state index contributed by atoms with van der Waals surface area (Å²) in [4.78, 5) is 22.6. The van der Waals surface area contributed by atoms with Crippen LogP contribution >= 0.6 is 11.3 Å². The number of fused-ring (bicyclic) bond motifs is 1. The van der Waals surface area contributed by atoms with E-state index in [4.69, 9.17) is 4.98 Å². The van der Waals surface area contributed by atoms with Crippen molar-refractivity contribution in [2.75, 3.05) is 0 Å². The fourth-order valence-corrected chi connectivity index (χ4v) is 4.38. The van der Waals surface area contributed by atoms with Crippen molar-refractivity contribution in [2.24, 2.45) is 0 Å². The van der Waals surface area contributed by atoms with E-state index in [1.165, 1.54) is 0 Å². The zero-order chi connectivity index (χ0) is 20.7. The molecule has 1 aliphatic carbocycles. The molecule has 3 aromatic heterocycles. The van der Waals surface area contributed by atoms with E-state index < -0.39 is 0 Å². The van der Waals surface area contributed by atoms with Gasteiger partial charge < -0.3 is 5.32 Å². The normalized spacial score (nSPS) is 13.8. The van der Waals surface area contributed by atoms with Gasteiger partial charge in [-0.15, -0.1) is 11.3 Å². The van der Waals surface area contributed by atoms with Crippen LogP contribution < -0.4 is 5.32 Å². The number of nitrogens with zero attached hydrogens (tertiary/aromatic N) is 4. The molecule has 1 N–H and O–H groups in total. The van der Waals surface area contributed by atoms with Gasteiger partial charge in [0.2, 0.25) is 0 Å². The molecule has 0 unspecified atom stereocenters. The van der Waals surface area contributed by atoms with Crippen LogP contribution in [0, 0.1) is 0 Å². The number of aromatic nitrogens is 4. The molecule has 4 aromatic rings. The Morgan fingerprint density at radius 1 is 1.23 bits per heavy atom. The van der Waals surface area contributed by atoms with E-state index in [0.717, 1.165) is 45.8 Å². The van der Waals surface area contributed by atoms with Crippen molar-refractivity contribution in [3.63, 3.8) is 0 Å². The minimum Gasteiger partial charge on any atom is -0.346 e. The lowest BCUT2D eigenvalue weighted by Gasteiger charge is -2.10. The Balaban J connectivity index is 1.39. The summed E-state index contributed by atoms with van der Waals surface area (Å²) in [6.45, 7) is 4.54. The van der Waals surface area contributed by atoms with Crippen LogP contribution in [-0.2, 0) is 6.54 Å². The summed E-state index contributed by atoms with van der Waals surface area (Å²) in [5.41, 5.74) is 4.38. The molecule has 152 valence electrons. The number of carbonyl (C=O) groups is 1. The van der Waals surface area contributed by atoms with Gasteiger partial charge in [-0.05, 0) is 32.8 Å². The number of thiazole rings is 1. The van der Waals surface area contributed by atoms with Gasteiger partial charge in [0.15, 0.2) is 5.65 Å². The Hall–Kier alpha value is -3.06. The number of pyridine rings is 1. The predicted octanol–water partition coefficient (Wildman–Crippen LogP) is 4.94. The summed E-state index contributed by atoms with van der Waals surface area (Å²) < 4.78 is 1.89. The lowest BCUT2D eigenvalue weighted by molar-refractivity contribution is 0.0952. The molecule has 0 bridgehead atoms. The van der Waals surface area contributed by atoms with Gasteiger partial charge in [-0.25, -0.2) is 14.6 Å². The Labute approximate surface area is 179 Å². The highest BCUT2D eigenvalue weighted by molar-refractivity contribution is 7.13. The molecule has 6 nitrogen and oxygen atoms in total. The Bertz CT molecular complexity index is 1210. The molecule has 7 heteroatoms. The number of nitrogens with one attached hydrogen (secondary N) is 1. The van der Waals surface area contributed by atoms with Gasteiger partial charge >= 0.3 is 0 Å². The molecule has 5 rings (SSSR count). The fourth-order valence-electron chi connectivity index (χ4n) is 3.56. The molecule has 3 heterocycles. The highest BCUT2D eigenvalue weighted by atomic mass is 32.1. The van der Waals surface area contributed by atoms with E-state index >= 15 is 0 Å². The number of amides is 1. The van der Waals surface area contributed by atoms with Crippen molar-refractivity contribution >= 4 is 28.3 Å². The molecule has 1 fully saturated rings. The van der Waals surface area contributed by atoms with Gasteiger partial charge in [0.1, 0.15) is 5.01 Å². The fraction of sp³-hybridized carbons (Fsp3) is 0.304. The first-order chi connectivity index (χ1) is 14.6. The maximum Gasteiger partial charge on any atom is 0.252 e. The van der Waals surface area contributed by atoms with E-state index in [1.54, 1.807) is 17.5 Å². The van der Waals surface area contributed by atoms with E-state index in [1.807, 2.05) is 46.5 Å². The second-order valence-corrected chi connectivity index (χ2v) is 8.84. The number of carbonyl (C=O) groups excluding carboxylic acids is 1. The minimum atomic E-state index is -0.109. The van der Waals surface area contributed by atoms with Crippen molar-refractivity contribution < 1.29 is 4.79 Å². The van der Waals surface area contributed by atoms with Gasteiger partial charge in [-0.1, -0.05) is 30.3 Å². The van der Waals surface area contributed by atoms with E-state index in [-0.39, 0.29) is 11.9 Å². The molecular formula is C23H23N5OS. The molecule has 0 atom stereocenters. The third-order valence-corrected chi connectivity index (χ3v) is 6.26. The predicted molar refractivity (Wildman–Crippen MR) is 119 cm³/mol. The molecule has 0 radical (unpaired) electrons. The summed E-state index contributed by atoms with van der Waals surface area (Å²) in [7, 11) is 0. The molecule has 1 saturated carbocycles. The minimum absolute atomic E-state index is 0.109. The smallest absolute Gasteiger partial charge is 0.252 e. The summed E-state index contributed by atoms with van der Waals surface area (Å²) in [6.07, 6.45) is 4.03. The maximum atomic E-state index is 13.1.